The molecule has 146 valence electrons. The molecule has 1 fully saturated rings. The molecule has 0 radical (unpaired) electrons. The minimum absolute atomic E-state index is 0.0101. The molecule has 0 unspecified atom stereocenters. The van der Waals surface area contributed by atoms with Crippen LogP contribution in [0.3, 0.4) is 0 Å². The summed E-state index contributed by atoms with van der Waals surface area (Å²) in [5, 5.41) is 20.3. The van der Waals surface area contributed by atoms with Crippen molar-refractivity contribution in [3.63, 3.8) is 0 Å². The van der Waals surface area contributed by atoms with Gasteiger partial charge in [-0.25, -0.2) is 14.7 Å². The summed E-state index contributed by atoms with van der Waals surface area (Å²) >= 11 is 6.98. The molecule has 0 aliphatic carbocycles. The van der Waals surface area contributed by atoms with Crippen LogP contribution in [0.2, 0.25) is 5.02 Å². The van der Waals surface area contributed by atoms with E-state index in [0.29, 0.717) is 10.7 Å². The number of halogens is 1. The van der Waals surface area contributed by atoms with Gasteiger partial charge in [0, 0.05) is 6.42 Å². The molecule has 0 spiro atoms. The SMILES string of the molecule is N#CNC(=Nc1ccccc1Cl)S[C@H]1CC(=O)N(c2ccccc2C(=O)O)C1=O. The predicted octanol–water partition coefficient (Wildman–Crippen LogP) is 3.16. The zero-order valence-electron chi connectivity index (χ0n) is 14.7. The highest BCUT2D eigenvalue weighted by atomic mass is 35.5. The normalized spacial score (nSPS) is 16.6. The quantitative estimate of drug-likeness (QED) is 0.252. The number of aromatic carboxylic acids is 1. The Morgan fingerprint density at radius 3 is 2.62 bits per heavy atom. The highest BCUT2D eigenvalue weighted by Gasteiger charge is 2.42. The number of aliphatic imine (C=N–C) groups is 1. The van der Waals surface area contributed by atoms with Gasteiger partial charge in [0.15, 0.2) is 11.4 Å². The molecule has 0 saturated carbocycles. The Hall–Kier alpha value is -3.35. The Morgan fingerprint density at radius 1 is 1.24 bits per heavy atom. The third kappa shape index (κ3) is 4.39. The summed E-state index contributed by atoms with van der Waals surface area (Å²) in [4.78, 5) is 41.9. The molecule has 1 heterocycles. The minimum Gasteiger partial charge on any atom is -0.478 e. The Kier molecular flexibility index (Phi) is 6.16. The van der Waals surface area contributed by atoms with E-state index >= 15 is 0 Å². The molecule has 2 aromatic rings. The first kappa shape index (κ1) is 20.4. The molecule has 2 N–H and O–H groups in total. The van der Waals surface area contributed by atoms with Crippen LogP contribution < -0.4 is 10.2 Å². The van der Waals surface area contributed by atoms with E-state index < -0.39 is 23.0 Å². The average Bonchev–Trinajstić information content (AvgIpc) is 2.96. The van der Waals surface area contributed by atoms with Crippen LogP contribution in [0.5, 0.6) is 0 Å². The summed E-state index contributed by atoms with van der Waals surface area (Å²) in [5.74, 6) is -2.36. The highest BCUT2D eigenvalue weighted by molar-refractivity contribution is 8.15. The summed E-state index contributed by atoms with van der Waals surface area (Å²) in [5.41, 5.74) is 0.250. The predicted molar refractivity (Wildman–Crippen MR) is 109 cm³/mol. The summed E-state index contributed by atoms with van der Waals surface area (Å²) in [6, 6.07) is 12.5. The van der Waals surface area contributed by atoms with E-state index in [1.54, 1.807) is 36.5 Å². The van der Waals surface area contributed by atoms with Gasteiger partial charge in [0.05, 0.1) is 22.0 Å². The third-order valence-electron chi connectivity index (χ3n) is 3.97. The van der Waals surface area contributed by atoms with Crippen LogP contribution in [0.25, 0.3) is 0 Å². The number of anilines is 1. The first-order chi connectivity index (χ1) is 13.9. The maximum absolute atomic E-state index is 12.8. The van der Waals surface area contributed by atoms with Gasteiger partial charge in [0.2, 0.25) is 11.8 Å². The molecule has 1 saturated heterocycles. The number of para-hydroxylation sites is 2. The first-order valence-corrected chi connectivity index (χ1v) is 9.52. The number of nitrogens with zero attached hydrogens (tertiary/aromatic N) is 3. The minimum atomic E-state index is -1.25. The van der Waals surface area contributed by atoms with Crippen molar-refractivity contribution in [3.05, 3.63) is 59.1 Å². The topological polar surface area (TPSA) is 123 Å². The zero-order chi connectivity index (χ0) is 21.0. The van der Waals surface area contributed by atoms with Crippen molar-refractivity contribution in [2.24, 2.45) is 4.99 Å². The molecule has 1 aliphatic rings. The molecule has 29 heavy (non-hydrogen) atoms. The van der Waals surface area contributed by atoms with Crippen LogP contribution in [-0.2, 0) is 9.59 Å². The number of nitrogens with one attached hydrogen (secondary N) is 1. The molecular formula is C19H13ClN4O4S. The second-order valence-electron chi connectivity index (χ2n) is 5.81. The monoisotopic (exact) mass is 428 g/mol. The standard InChI is InChI=1S/C19H13ClN4O4S/c20-12-6-2-3-7-13(12)23-19(22-10-21)29-15-9-16(25)24(17(15)26)14-8-4-1-5-11(14)18(27)28/h1-8,15H,9H2,(H,22,23)(H,27,28)/t15-/m0/s1. The van der Waals surface area contributed by atoms with Crippen LogP contribution in [0.15, 0.2) is 53.5 Å². The van der Waals surface area contributed by atoms with E-state index in [1.165, 1.54) is 18.2 Å². The number of amidine groups is 1. The Balaban J connectivity index is 1.88. The highest BCUT2D eigenvalue weighted by Crippen LogP contribution is 2.33. The molecule has 0 bridgehead atoms. The molecule has 0 aromatic heterocycles. The summed E-state index contributed by atoms with van der Waals surface area (Å²) in [6.07, 6.45) is 1.58. The Bertz CT molecular complexity index is 1070. The largest absolute Gasteiger partial charge is 0.478 e. The number of benzene rings is 2. The Labute approximate surface area is 174 Å². The van der Waals surface area contributed by atoms with Gasteiger partial charge in [-0.3, -0.25) is 14.9 Å². The van der Waals surface area contributed by atoms with Gasteiger partial charge >= 0.3 is 5.97 Å². The van der Waals surface area contributed by atoms with Crippen LogP contribution in [-0.4, -0.2) is 33.3 Å². The van der Waals surface area contributed by atoms with Crippen molar-refractivity contribution in [1.29, 1.82) is 5.26 Å². The van der Waals surface area contributed by atoms with Crippen molar-refractivity contribution in [2.45, 2.75) is 11.7 Å². The number of hydrogen-bond acceptors (Lipinski definition) is 6. The maximum Gasteiger partial charge on any atom is 0.337 e. The summed E-state index contributed by atoms with van der Waals surface area (Å²) < 4.78 is 0. The van der Waals surface area contributed by atoms with Crippen molar-refractivity contribution in [2.75, 3.05) is 4.90 Å². The maximum atomic E-state index is 12.8. The molecule has 1 atom stereocenters. The number of rotatable bonds is 4. The number of carbonyl (C=O) groups is 3. The zero-order valence-corrected chi connectivity index (χ0v) is 16.3. The van der Waals surface area contributed by atoms with E-state index in [2.05, 4.69) is 10.3 Å². The first-order valence-electron chi connectivity index (χ1n) is 8.26. The smallest absolute Gasteiger partial charge is 0.337 e. The fraction of sp³-hybridized carbons (Fsp3) is 0.105. The lowest BCUT2D eigenvalue weighted by Crippen LogP contribution is -2.33. The van der Waals surface area contributed by atoms with Crippen molar-refractivity contribution < 1.29 is 19.5 Å². The van der Waals surface area contributed by atoms with E-state index in [0.717, 1.165) is 16.7 Å². The molecule has 2 aromatic carbocycles. The number of nitriles is 1. The van der Waals surface area contributed by atoms with Gasteiger partial charge in [-0.2, -0.15) is 5.26 Å². The van der Waals surface area contributed by atoms with Gasteiger partial charge in [0.25, 0.3) is 0 Å². The average molecular weight is 429 g/mol. The van der Waals surface area contributed by atoms with Gasteiger partial charge in [-0.15, -0.1) is 0 Å². The fourth-order valence-electron chi connectivity index (χ4n) is 2.72. The number of hydrogen-bond donors (Lipinski definition) is 2. The third-order valence-corrected chi connectivity index (χ3v) is 5.36. The molecule has 8 nitrogen and oxygen atoms in total. The van der Waals surface area contributed by atoms with E-state index in [4.69, 9.17) is 16.9 Å². The lowest BCUT2D eigenvalue weighted by molar-refractivity contribution is -0.121. The molecule has 3 rings (SSSR count). The summed E-state index contributed by atoms with van der Waals surface area (Å²) in [6.45, 7) is 0. The van der Waals surface area contributed by atoms with Gasteiger partial charge < -0.3 is 5.11 Å². The van der Waals surface area contributed by atoms with Gasteiger partial charge in [-0.1, -0.05) is 47.6 Å². The Morgan fingerprint density at radius 2 is 1.93 bits per heavy atom. The number of amides is 2. The van der Waals surface area contributed by atoms with E-state index in [9.17, 15) is 19.5 Å². The molecule has 2 amide bonds. The molecule has 1 aliphatic heterocycles. The van der Waals surface area contributed by atoms with Crippen molar-refractivity contribution in [1.82, 2.24) is 5.32 Å². The number of thioether (sulfide) groups is 1. The van der Waals surface area contributed by atoms with Crippen LogP contribution in [0, 0.1) is 11.5 Å². The number of carbonyl (C=O) groups excluding carboxylic acids is 2. The summed E-state index contributed by atoms with van der Waals surface area (Å²) in [7, 11) is 0. The molecule has 10 heteroatoms. The number of carboxylic acids is 1. The fourth-order valence-corrected chi connectivity index (χ4v) is 3.85. The second-order valence-corrected chi connectivity index (χ2v) is 7.40. The van der Waals surface area contributed by atoms with E-state index in [-0.39, 0.29) is 22.8 Å². The van der Waals surface area contributed by atoms with Crippen molar-refractivity contribution in [3.8, 4) is 6.19 Å². The number of imide groups is 1. The second kappa shape index (κ2) is 8.77. The molecular weight excluding hydrogens is 416 g/mol. The number of carboxylic acid groups (broad SMARTS) is 1. The lowest BCUT2D eigenvalue weighted by atomic mass is 10.1. The lowest BCUT2D eigenvalue weighted by Gasteiger charge is -2.17. The van der Waals surface area contributed by atoms with Gasteiger partial charge in [-0.05, 0) is 24.3 Å². The van der Waals surface area contributed by atoms with Crippen LogP contribution in [0.4, 0.5) is 11.4 Å². The van der Waals surface area contributed by atoms with E-state index in [1.807, 2.05) is 0 Å². The van der Waals surface area contributed by atoms with Crippen LogP contribution in [0.1, 0.15) is 16.8 Å². The van der Waals surface area contributed by atoms with Crippen LogP contribution >= 0.6 is 23.4 Å². The van der Waals surface area contributed by atoms with Crippen molar-refractivity contribution >= 4 is 57.7 Å². The van der Waals surface area contributed by atoms with Gasteiger partial charge in [0.1, 0.15) is 5.25 Å².